The van der Waals surface area contributed by atoms with Crippen molar-refractivity contribution in [3.63, 3.8) is 0 Å². The summed E-state index contributed by atoms with van der Waals surface area (Å²) in [5, 5.41) is 6.71. The van der Waals surface area contributed by atoms with Crippen LogP contribution in [-0.2, 0) is 14.2 Å². The molecule has 146 valence electrons. The highest BCUT2D eigenvalue weighted by Crippen LogP contribution is 2.12. The van der Waals surface area contributed by atoms with Crippen LogP contribution in [0.3, 0.4) is 0 Å². The monoisotopic (exact) mass is 356 g/mol. The van der Waals surface area contributed by atoms with Crippen LogP contribution in [0.15, 0.2) is 4.99 Å². The summed E-state index contributed by atoms with van der Waals surface area (Å²) in [7, 11) is 0. The topological polar surface area (TPSA) is 67.4 Å². The van der Waals surface area contributed by atoms with E-state index in [2.05, 4.69) is 29.4 Å². The summed E-state index contributed by atoms with van der Waals surface area (Å²) in [6.45, 7) is 13.9. The van der Waals surface area contributed by atoms with Gasteiger partial charge in [0.05, 0.1) is 33.0 Å². The summed E-state index contributed by atoms with van der Waals surface area (Å²) < 4.78 is 16.5. The molecule has 0 aromatic heterocycles. The molecule has 0 aromatic carbocycles. The van der Waals surface area contributed by atoms with Gasteiger partial charge in [-0.1, -0.05) is 0 Å². The van der Waals surface area contributed by atoms with E-state index in [4.69, 9.17) is 19.2 Å². The highest BCUT2D eigenvalue weighted by atomic mass is 16.5. The van der Waals surface area contributed by atoms with E-state index in [1.807, 2.05) is 0 Å². The molecule has 2 aliphatic rings. The molecular weight excluding hydrogens is 320 g/mol. The largest absolute Gasteiger partial charge is 0.381 e. The Bertz CT molecular complexity index is 369. The summed E-state index contributed by atoms with van der Waals surface area (Å²) in [6, 6.07) is 0.441. The number of morpholine rings is 1. The number of rotatable bonds is 10. The Morgan fingerprint density at radius 2 is 2.08 bits per heavy atom. The summed E-state index contributed by atoms with van der Waals surface area (Å²) in [6.07, 6.45) is 2.12. The van der Waals surface area contributed by atoms with Crippen LogP contribution in [0.25, 0.3) is 0 Å². The molecule has 2 N–H and O–H groups in total. The maximum absolute atomic E-state index is 5.74. The predicted molar refractivity (Wildman–Crippen MR) is 100 cm³/mol. The molecule has 2 aliphatic heterocycles. The Morgan fingerprint density at radius 1 is 1.24 bits per heavy atom. The Balaban J connectivity index is 1.58. The van der Waals surface area contributed by atoms with E-state index in [9.17, 15) is 0 Å². The lowest BCUT2D eigenvalue weighted by Gasteiger charge is -2.31. The smallest absolute Gasteiger partial charge is 0.191 e. The Hall–Kier alpha value is -0.890. The molecule has 0 saturated carbocycles. The van der Waals surface area contributed by atoms with E-state index in [0.717, 1.165) is 91.2 Å². The minimum Gasteiger partial charge on any atom is -0.381 e. The molecule has 0 spiro atoms. The van der Waals surface area contributed by atoms with Gasteiger partial charge in [0.1, 0.15) is 0 Å². The number of nitrogens with one attached hydrogen (secondary N) is 2. The highest BCUT2D eigenvalue weighted by molar-refractivity contribution is 5.79. The summed E-state index contributed by atoms with van der Waals surface area (Å²) in [5.41, 5.74) is 0. The molecule has 0 amide bonds. The second-order valence-electron chi connectivity index (χ2n) is 6.80. The zero-order valence-corrected chi connectivity index (χ0v) is 16.0. The fourth-order valence-electron chi connectivity index (χ4n) is 3.04. The highest BCUT2D eigenvalue weighted by Gasteiger charge is 2.17. The van der Waals surface area contributed by atoms with Crippen molar-refractivity contribution >= 4 is 5.96 Å². The second-order valence-corrected chi connectivity index (χ2v) is 6.80. The normalized spacial score (nSPS) is 23.6. The number of hydrogen-bond acceptors (Lipinski definition) is 5. The van der Waals surface area contributed by atoms with Gasteiger partial charge in [-0.3, -0.25) is 9.89 Å². The molecule has 0 radical (unpaired) electrons. The van der Waals surface area contributed by atoms with Gasteiger partial charge in [-0.2, -0.15) is 0 Å². The quantitative estimate of drug-likeness (QED) is 0.341. The van der Waals surface area contributed by atoms with Gasteiger partial charge < -0.3 is 24.8 Å². The minimum absolute atomic E-state index is 0.441. The molecule has 7 heteroatoms. The molecule has 25 heavy (non-hydrogen) atoms. The molecule has 7 nitrogen and oxygen atoms in total. The van der Waals surface area contributed by atoms with Crippen molar-refractivity contribution in [3.05, 3.63) is 0 Å². The zero-order chi connectivity index (χ0) is 17.7. The number of nitrogens with zero attached hydrogens (tertiary/aromatic N) is 2. The summed E-state index contributed by atoms with van der Waals surface area (Å²) >= 11 is 0. The van der Waals surface area contributed by atoms with Gasteiger partial charge in [0.2, 0.25) is 0 Å². The molecule has 2 heterocycles. The molecule has 0 aliphatic carbocycles. The van der Waals surface area contributed by atoms with Crippen LogP contribution in [0.5, 0.6) is 0 Å². The number of guanidine groups is 1. The molecule has 2 unspecified atom stereocenters. The molecule has 2 fully saturated rings. The van der Waals surface area contributed by atoms with Gasteiger partial charge in [-0.15, -0.1) is 0 Å². The van der Waals surface area contributed by atoms with E-state index in [1.54, 1.807) is 0 Å². The van der Waals surface area contributed by atoms with Crippen LogP contribution in [-0.4, -0.2) is 89.3 Å². The minimum atomic E-state index is 0.441. The van der Waals surface area contributed by atoms with E-state index >= 15 is 0 Å². The third-order valence-corrected chi connectivity index (χ3v) is 4.66. The number of ether oxygens (including phenoxy) is 3. The van der Waals surface area contributed by atoms with Crippen LogP contribution in [0.4, 0.5) is 0 Å². The molecule has 0 bridgehead atoms. The standard InChI is InChI=1S/C18H36N4O3/c1-3-19-18(21-13-16(2)22-7-11-23-12-8-22)20-6-4-9-24-14-17-5-10-25-15-17/h16-17H,3-15H2,1-2H3,(H2,19,20,21). The first-order chi connectivity index (χ1) is 12.3. The SMILES string of the molecule is CCNC(=NCC(C)N1CCOCC1)NCCCOCC1CCOC1. The van der Waals surface area contributed by atoms with Crippen LogP contribution in [0.1, 0.15) is 26.7 Å². The van der Waals surface area contributed by atoms with Gasteiger partial charge in [0, 0.05) is 51.4 Å². The fraction of sp³-hybridized carbons (Fsp3) is 0.944. The van der Waals surface area contributed by atoms with Crippen LogP contribution < -0.4 is 10.6 Å². The second kappa shape index (κ2) is 12.5. The molecule has 2 saturated heterocycles. The van der Waals surface area contributed by atoms with Crippen LogP contribution in [0, 0.1) is 5.92 Å². The lowest BCUT2D eigenvalue weighted by Crippen LogP contribution is -2.44. The van der Waals surface area contributed by atoms with Crippen molar-refractivity contribution in [2.45, 2.75) is 32.7 Å². The lowest BCUT2D eigenvalue weighted by atomic mass is 10.1. The lowest BCUT2D eigenvalue weighted by molar-refractivity contribution is 0.0220. The Kier molecular flexibility index (Phi) is 10.2. The van der Waals surface area contributed by atoms with E-state index in [1.165, 1.54) is 0 Å². The fourth-order valence-corrected chi connectivity index (χ4v) is 3.04. The van der Waals surface area contributed by atoms with Crippen molar-refractivity contribution in [1.82, 2.24) is 15.5 Å². The van der Waals surface area contributed by atoms with Gasteiger partial charge in [-0.05, 0) is 26.7 Å². The van der Waals surface area contributed by atoms with E-state index < -0.39 is 0 Å². The van der Waals surface area contributed by atoms with Crippen molar-refractivity contribution in [2.24, 2.45) is 10.9 Å². The number of hydrogen-bond donors (Lipinski definition) is 2. The molecule has 2 rings (SSSR count). The van der Waals surface area contributed by atoms with E-state index in [0.29, 0.717) is 12.0 Å². The van der Waals surface area contributed by atoms with Gasteiger partial charge >= 0.3 is 0 Å². The van der Waals surface area contributed by atoms with Crippen molar-refractivity contribution < 1.29 is 14.2 Å². The summed E-state index contributed by atoms with van der Waals surface area (Å²) in [4.78, 5) is 7.17. The maximum Gasteiger partial charge on any atom is 0.191 e. The van der Waals surface area contributed by atoms with Crippen molar-refractivity contribution in [3.8, 4) is 0 Å². The molecule has 2 atom stereocenters. The molecular formula is C18H36N4O3. The van der Waals surface area contributed by atoms with Gasteiger partial charge in [0.25, 0.3) is 0 Å². The average Bonchev–Trinajstić information content (AvgIpc) is 3.16. The first-order valence-corrected chi connectivity index (χ1v) is 9.79. The Morgan fingerprint density at radius 3 is 2.80 bits per heavy atom. The van der Waals surface area contributed by atoms with Gasteiger partial charge in [-0.25, -0.2) is 0 Å². The van der Waals surface area contributed by atoms with Crippen LogP contribution >= 0.6 is 0 Å². The van der Waals surface area contributed by atoms with Crippen LogP contribution in [0.2, 0.25) is 0 Å². The summed E-state index contributed by atoms with van der Waals surface area (Å²) in [5.74, 6) is 1.49. The maximum atomic E-state index is 5.74. The van der Waals surface area contributed by atoms with Gasteiger partial charge in [0.15, 0.2) is 5.96 Å². The zero-order valence-electron chi connectivity index (χ0n) is 16.0. The Labute approximate surface area is 152 Å². The van der Waals surface area contributed by atoms with Crippen molar-refractivity contribution in [1.29, 1.82) is 0 Å². The first kappa shape index (κ1) is 20.4. The average molecular weight is 357 g/mol. The van der Waals surface area contributed by atoms with E-state index in [-0.39, 0.29) is 0 Å². The third-order valence-electron chi connectivity index (χ3n) is 4.66. The van der Waals surface area contributed by atoms with Crippen molar-refractivity contribution in [2.75, 3.05) is 72.4 Å². The third kappa shape index (κ3) is 8.35. The first-order valence-electron chi connectivity index (χ1n) is 9.79. The number of aliphatic imine (C=N–C) groups is 1. The predicted octanol–water partition coefficient (Wildman–Crippen LogP) is 0.705. The molecule has 0 aromatic rings.